The molecule has 1 aromatic carbocycles. The van der Waals surface area contributed by atoms with Crippen LogP contribution < -0.4 is 4.90 Å². The van der Waals surface area contributed by atoms with Crippen molar-refractivity contribution in [1.82, 2.24) is 39.3 Å². The van der Waals surface area contributed by atoms with Crippen LogP contribution in [-0.2, 0) is 26.9 Å². The monoisotopic (exact) mass is 593 g/mol. The van der Waals surface area contributed by atoms with E-state index in [9.17, 15) is 9.59 Å². The smallest absolute Gasteiger partial charge is 0.257 e. The Hall–Kier alpha value is -4.29. The van der Waals surface area contributed by atoms with Gasteiger partial charge in [0, 0.05) is 74.9 Å². The van der Waals surface area contributed by atoms with Gasteiger partial charge in [0.1, 0.15) is 34.7 Å². The summed E-state index contributed by atoms with van der Waals surface area (Å²) in [5, 5.41) is 0. The van der Waals surface area contributed by atoms with Gasteiger partial charge in [-0.3, -0.25) is 14.5 Å². The van der Waals surface area contributed by atoms with E-state index in [1.807, 2.05) is 40.5 Å². The van der Waals surface area contributed by atoms with Gasteiger partial charge in [0.15, 0.2) is 5.65 Å². The lowest BCUT2D eigenvalue weighted by Gasteiger charge is -2.35. The van der Waals surface area contributed by atoms with Crippen LogP contribution in [0.15, 0.2) is 36.9 Å². The minimum atomic E-state index is -0.989. The second-order valence-corrected chi connectivity index (χ2v) is 12.3. The van der Waals surface area contributed by atoms with Gasteiger partial charge in [-0.25, -0.2) is 24.9 Å². The number of rotatable bonds is 6. The van der Waals surface area contributed by atoms with Gasteiger partial charge >= 0.3 is 0 Å². The first kappa shape index (κ1) is 27.3. The van der Waals surface area contributed by atoms with Crippen molar-refractivity contribution >= 4 is 28.7 Å². The van der Waals surface area contributed by atoms with Gasteiger partial charge in [-0.2, -0.15) is 0 Å². The Labute approximate surface area is 255 Å². The number of amides is 2. The van der Waals surface area contributed by atoms with Crippen LogP contribution in [0, 0.1) is 12.8 Å². The third kappa shape index (κ3) is 4.22. The Morgan fingerprint density at radius 1 is 1.02 bits per heavy atom. The zero-order valence-electron chi connectivity index (χ0n) is 25.1. The Bertz CT molecular complexity index is 1780. The molecule has 8 rings (SSSR count). The zero-order valence-corrected chi connectivity index (χ0v) is 25.1. The molecule has 12 heteroatoms. The topological polar surface area (TPSA) is 122 Å². The van der Waals surface area contributed by atoms with E-state index in [2.05, 4.69) is 25.9 Å². The van der Waals surface area contributed by atoms with Crippen molar-refractivity contribution in [3.63, 3.8) is 0 Å². The lowest BCUT2D eigenvalue weighted by Crippen LogP contribution is -2.53. The van der Waals surface area contributed by atoms with Crippen molar-refractivity contribution in [2.24, 2.45) is 13.0 Å². The number of fused-ring (bicyclic) bond motifs is 3. The van der Waals surface area contributed by atoms with Gasteiger partial charge in [-0.15, -0.1) is 0 Å². The maximum Gasteiger partial charge on any atom is 0.257 e. The van der Waals surface area contributed by atoms with Gasteiger partial charge < -0.3 is 19.1 Å². The zero-order chi connectivity index (χ0) is 30.0. The average molecular weight is 594 g/mol. The predicted octanol–water partition coefficient (Wildman–Crippen LogP) is 2.70. The highest BCUT2D eigenvalue weighted by Crippen LogP contribution is 2.52. The SMILES string of the molecule is Cc1ncc(-c2nc3c(-c4ccc5c(c4)C4(CCCN4C(=O)C4CC4)C(=O)N5CCN4CCOCC4)ncnc3n2C)cn1. The van der Waals surface area contributed by atoms with Crippen molar-refractivity contribution in [1.29, 1.82) is 0 Å². The molecule has 1 unspecified atom stereocenters. The molecule has 4 aromatic rings. The molecule has 3 aliphatic heterocycles. The summed E-state index contributed by atoms with van der Waals surface area (Å²) < 4.78 is 7.45. The molecule has 2 amide bonds. The fourth-order valence-corrected chi connectivity index (χ4v) is 7.13. The number of hydrogen-bond donors (Lipinski definition) is 0. The summed E-state index contributed by atoms with van der Waals surface area (Å²) in [4.78, 5) is 57.2. The first-order valence-electron chi connectivity index (χ1n) is 15.5. The number of carbonyl (C=O) groups is 2. The molecule has 12 nitrogen and oxygen atoms in total. The van der Waals surface area contributed by atoms with E-state index in [0.29, 0.717) is 61.2 Å². The van der Waals surface area contributed by atoms with E-state index in [0.717, 1.165) is 61.3 Å². The number of imidazole rings is 1. The van der Waals surface area contributed by atoms with Crippen LogP contribution in [0.1, 0.15) is 37.1 Å². The summed E-state index contributed by atoms with van der Waals surface area (Å²) in [5.41, 5.74) is 4.44. The predicted molar refractivity (Wildman–Crippen MR) is 162 cm³/mol. The van der Waals surface area contributed by atoms with E-state index in [-0.39, 0.29) is 17.7 Å². The summed E-state index contributed by atoms with van der Waals surface area (Å²) in [6.45, 7) is 6.91. The Morgan fingerprint density at radius 3 is 2.59 bits per heavy atom. The molecule has 1 atom stereocenters. The molecular weight excluding hydrogens is 558 g/mol. The maximum atomic E-state index is 14.5. The molecule has 3 aromatic heterocycles. The molecule has 4 aliphatic rings. The van der Waals surface area contributed by atoms with Crippen LogP contribution >= 0.6 is 0 Å². The van der Waals surface area contributed by atoms with E-state index >= 15 is 0 Å². The Morgan fingerprint density at radius 2 is 1.82 bits per heavy atom. The highest BCUT2D eigenvalue weighted by atomic mass is 16.5. The first-order chi connectivity index (χ1) is 21.5. The second kappa shape index (κ2) is 10.4. The van der Waals surface area contributed by atoms with Gasteiger partial charge in [-0.05, 0) is 44.7 Å². The van der Waals surface area contributed by atoms with Crippen molar-refractivity contribution in [2.45, 2.75) is 38.1 Å². The molecule has 3 fully saturated rings. The van der Waals surface area contributed by atoms with Gasteiger partial charge in [0.25, 0.3) is 5.91 Å². The van der Waals surface area contributed by atoms with E-state index in [1.165, 1.54) is 0 Å². The molecule has 0 N–H and O–H groups in total. The minimum Gasteiger partial charge on any atom is -0.379 e. The number of aryl methyl sites for hydroxylation is 2. The number of carbonyl (C=O) groups excluding carboxylic acids is 2. The molecule has 1 aliphatic carbocycles. The highest BCUT2D eigenvalue weighted by molar-refractivity contribution is 6.10. The summed E-state index contributed by atoms with van der Waals surface area (Å²) in [6, 6.07) is 6.12. The molecule has 2 saturated heterocycles. The van der Waals surface area contributed by atoms with Gasteiger partial charge in [0.05, 0.1) is 18.8 Å². The minimum absolute atomic E-state index is 0.0109. The fourth-order valence-electron chi connectivity index (χ4n) is 7.13. The normalized spacial score (nSPS) is 22.0. The summed E-state index contributed by atoms with van der Waals surface area (Å²) in [5.74, 6) is 1.54. The van der Waals surface area contributed by atoms with E-state index in [4.69, 9.17) is 14.7 Å². The number of benzene rings is 1. The summed E-state index contributed by atoms with van der Waals surface area (Å²) >= 11 is 0. The van der Waals surface area contributed by atoms with Crippen molar-refractivity contribution in [2.75, 3.05) is 50.8 Å². The molecule has 0 radical (unpaired) electrons. The summed E-state index contributed by atoms with van der Waals surface area (Å²) in [7, 11) is 1.92. The van der Waals surface area contributed by atoms with E-state index in [1.54, 1.807) is 18.7 Å². The van der Waals surface area contributed by atoms with Crippen LogP contribution in [0.4, 0.5) is 5.69 Å². The van der Waals surface area contributed by atoms with Crippen molar-refractivity contribution in [3.05, 3.63) is 48.3 Å². The van der Waals surface area contributed by atoms with Crippen LogP contribution in [0.2, 0.25) is 0 Å². The molecule has 0 bridgehead atoms. The molecule has 226 valence electrons. The van der Waals surface area contributed by atoms with Crippen LogP contribution in [0.5, 0.6) is 0 Å². The highest BCUT2D eigenvalue weighted by Gasteiger charge is 2.59. The number of ether oxygens (including phenoxy) is 1. The Kier molecular flexibility index (Phi) is 6.45. The third-order valence-electron chi connectivity index (χ3n) is 9.62. The fraction of sp³-hybridized carbons (Fsp3) is 0.469. The lowest BCUT2D eigenvalue weighted by molar-refractivity contribution is -0.144. The standard InChI is InChI=1S/C32H35N9O3/c1-20-33-17-23(18-34-20)28-37-27-26(35-19-36-29(27)38(28)2)22-6-7-25-24(16-22)32(8-3-9-41(32)30(42)21-4-5-21)31(43)40(25)11-10-39-12-14-44-15-13-39/h6-7,16-19,21H,3-5,8-15H2,1-2H3. The lowest BCUT2D eigenvalue weighted by atomic mass is 9.86. The number of hydrogen-bond acceptors (Lipinski definition) is 9. The number of morpholine rings is 1. The van der Waals surface area contributed by atoms with Crippen LogP contribution in [0.25, 0.3) is 33.8 Å². The number of likely N-dealkylation sites (tertiary alicyclic amines) is 1. The molecule has 44 heavy (non-hydrogen) atoms. The average Bonchev–Trinajstić information content (AvgIpc) is 3.66. The van der Waals surface area contributed by atoms with Crippen molar-refractivity contribution in [3.8, 4) is 22.6 Å². The first-order valence-corrected chi connectivity index (χ1v) is 15.5. The third-order valence-corrected chi connectivity index (χ3v) is 9.62. The maximum absolute atomic E-state index is 14.5. The number of anilines is 1. The second-order valence-electron chi connectivity index (χ2n) is 12.3. The van der Waals surface area contributed by atoms with Crippen LogP contribution in [0.3, 0.4) is 0 Å². The molecule has 1 spiro atoms. The summed E-state index contributed by atoms with van der Waals surface area (Å²) in [6.07, 6.45) is 8.30. The van der Waals surface area contributed by atoms with Gasteiger partial charge in [-0.1, -0.05) is 6.07 Å². The number of aromatic nitrogens is 6. The molecule has 1 saturated carbocycles. The molecular formula is C32H35N9O3. The number of nitrogens with zero attached hydrogens (tertiary/aromatic N) is 9. The van der Waals surface area contributed by atoms with Crippen LogP contribution in [-0.4, -0.2) is 97.0 Å². The Balaban J connectivity index is 1.23. The van der Waals surface area contributed by atoms with Gasteiger partial charge in [0.2, 0.25) is 5.91 Å². The quantitative estimate of drug-likeness (QED) is 0.332. The largest absolute Gasteiger partial charge is 0.379 e. The van der Waals surface area contributed by atoms with Crippen molar-refractivity contribution < 1.29 is 14.3 Å². The van der Waals surface area contributed by atoms with E-state index < -0.39 is 5.54 Å². The molecule has 6 heterocycles.